The first kappa shape index (κ1) is 11.4. The van der Waals surface area contributed by atoms with Crippen LogP contribution in [-0.4, -0.2) is 0 Å². The van der Waals surface area contributed by atoms with Gasteiger partial charge in [-0.1, -0.05) is 6.07 Å². The summed E-state index contributed by atoms with van der Waals surface area (Å²) in [5.41, 5.74) is 6.98. The van der Waals surface area contributed by atoms with Gasteiger partial charge < -0.3 is 5.43 Å². The Hall–Kier alpha value is -1.72. The Kier molecular flexibility index (Phi) is 2.85. The molecule has 5 heteroatoms. The third kappa shape index (κ3) is 2.02. The topological polar surface area (TPSA) is 24.1 Å². The number of benzene rings is 1. The fourth-order valence-corrected chi connectivity index (χ4v) is 2.64. The van der Waals surface area contributed by atoms with E-state index in [2.05, 4.69) is 10.9 Å². The molecule has 18 heavy (non-hydrogen) atoms. The van der Waals surface area contributed by atoms with Crippen LogP contribution in [0.3, 0.4) is 0 Å². The molecule has 1 aliphatic heterocycles. The predicted octanol–water partition coefficient (Wildman–Crippen LogP) is 3.22. The monoisotopic (exact) mass is 264 g/mol. The lowest BCUT2D eigenvalue weighted by Gasteiger charge is -2.06. The Bertz CT molecular complexity index is 593. The first-order valence-electron chi connectivity index (χ1n) is 5.46. The van der Waals surface area contributed by atoms with Gasteiger partial charge in [0.25, 0.3) is 0 Å². The lowest BCUT2D eigenvalue weighted by atomic mass is 10.1. The summed E-state index contributed by atoms with van der Waals surface area (Å²) in [7, 11) is 0. The average Bonchev–Trinajstić information content (AvgIpc) is 2.99. The summed E-state index contributed by atoms with van der Waals surface area (Å²) in [4.78, 5) is 1.14. The van der Waals surface area contributed by atoms with Gasteiger partial charge in [0.15, 0.2) is 0 Å². The van der Waals surface area contributed by atoms with Crippen molar-refractivity contribution in [2.24, 2.45) is 0 Å². The Labute approximate surface area is 107 Å². The van der Waals surface area contributed by atoms with Gasteiger partial charge in [-0.2, -0.15) is 0 Å². The fraction of sp³-hybridized carbons (Fsp3) is 0.0769. The Morgan fingerprint density at radius 1 is 1.17 bits per heavy atom. The van der Waals surface area contributed by atoms with Crippen molar-refractivity contribution >= 4 is 17.0 Å². The van der Waals surface area contributed by atoms with Gasteiger partial charge in [0.2, 0.25) is 0 Å². The standard InChI is InChI=1S/C13H10F2N2S/c14-8-3-4-9(10(15)6-8)11-7-12(17-16-11)13-2-1-5-18-13/h1-7,12,16-17H. The van der Waals surface area contributed by atoms with E-state index in [1.807, 2.05) is 23.6 Å². The summed E-state index contributed by atoms with van der Waals surface area (Å²) in [6.07, 6.45) is 1.89. The SMILES string of the molecule is Fc1ccc(C2=CC(c3cccs3)NN2)c(F)c1. The molecule has 92 valence electrons. The molecule has 1 unspecified atom stereocenters. The Balaban J connectivity index is 1.92. The molecule has 0 saturated heterocycles. The summed E-state index contributed by atoms with van der Waals surface area (Å²) < 4.78 is 26.5. The Morgan fingerprint density at radius 3 is 2.78 bits per heavy atom. The van der Waals surface area contributed by atoms with Crippen molar-refractivity contribution in [3.05, 3.63) is 63.9 Å². The minimum Gasteiger partial charge on any atom is -0.320 e. The van der Waals surface area contributed by atoms with E-state index in [9.17, 15) is 8.78 Å². The highest BCUT2D eigenvalue weighted by molar-refractivity contribution is 7.10. The molecule has 2 aromatic rings. The van der Waals surface area contributed by atoms with E-state index < -0.39 is 11.6 Å². The molecule has 1 aliphatic rings. The lowest BCUT2D eigenvalue weighted by molar-refractivity contribution is 0.577. The van der Waals surface area contributed by atoms with Crippen LogP contribution in [0.5, 0.6) is 0 Å². The van der Waals surface area contributed by atoms with Crippen molar-refractivity contribution in [3.8, 4) is 0 Å². The summed E-state index contributed by atoms with van der Waals surface area (Å²) >= 11 is 1.62. The summed E-state index contributed by atoms with van der Waals surface area (Å²) in [5.74, 6) is -1.14. The zero-order chi connectivity index (χ0) is 12.5. The molecule has 2 N–H and O–H groups in total. The average molecular weight is 264 g/mol. The second kappa shape index (κ2) is 4.51. The number of hydrogen-bond donors (Lipinski definition) is 2. The number of thiophene rings is 1. The first-order valence-corrected chi connectivity index (χ1v) is 6.34. The van der Waals surface area contributed by atoms with Crippen LogP contribution in [-0.2, 0) is 0 Å². The molecular weight excluding hydrogens is 254 g/mol. The van der Waals surface area contributed by atoms with Crippen LogP contribution in [0.2, 0.25) is 0 Å². The third-order valence-corrected chi connectivity index (χ3v) is 3.72. The van der Waals surface area contributed by atoms with Gasteiger partial charge in [-0.15, -0.1) is 11.3 Å². The molecule has 0 bridgehead atoms. The molecule has 2 heterocycles. The molecule has 0 aliphatic carbocycles. The second-order valence-corrected chi connectivity index (χ2v) is 4.95. The van der Waals surface area contributed by atoms with E-state index in [4.69, 9.17) is 0 Å². The number of halogens is 2. The maximum atomic E-state index is 13.6. The minimum absolute atomic E-state index is 0.0180. The molecule has 1 aromatic heterocycles. The predicted molar refractivity (Wildman–Crippen MR) is 67.7 cm³/mol. The van der Waals surface area contributed by atoms with Gasteiger partial charge in [0, 0.05) is 16.5 Å². The largest absolute Gasteiger partial charge is 0.320 e. The Morgan fingerprint density at radius 2 is 2.06 bits per heavy atom. The molecule has 0 fully saturated rings. The zero-order valence-corrected chi connectivity index (χ0v) is 10.1. The van der Waals surface area contributed by atoms with Crippen LogP contribution < -0.4 is 10.9 Å². The quantitative estimate of drug-likeness (QED) is 0.870. The molecule has 3 rings (SSSR count). The van der Waals surface area contributed by atoms with Crippen molar-refractivity contribution in [2.75, 3.05) is 0 Å². The van der Waals surface area contributed by atoms with Crippen molar-refractivity contribution < 1.29 is 8.78 Å². The van der Waals surface area contributed by atoms with Crippen LogP contribution in [0.25, 0.3) is 5.70 Å². The van der Waals surface area contributed by atoms with Gasteiger partial charge in [0.1, 0.15) is 11.6 Å². The molecule has 0 radical (unpaired) electrons. The van der Waals surface area contributed by atoms with Gasteiger partial charge in [0.05, 0.1) is 11.7 Å². The number of hydrogen-bond acceptors (Lipinski definition) is 3. The van der Waals surface area contributed by atoms with Crippen LogP contribution >= 0.6 is 11.3 Å². The summed E-state index contributed by atoms with van der Waals surface area (Å²) in [5, 5.41) is 1.99. The van der Waals surface area contributed by atoms with E-state index >= 15 is 0 Å². The van der Waals surface area contributed by atoms with Crippen molar-refractivity contribution in [1.82, 2.24) is 10.9 Å². The van der Waals surface area contributed by atoms with Crippen molar-refractivity contribution in [1.29, 1.82) is 0 Å². The number of nitrogens with one attached hydrogen (secondary N) is 2. The van der Waals surface area contributed by atoms with E-state index in [0.29, 0.717) is 11.3 Å². The highest BCUT2D eigenvalue weighted by Crippen LogP contribution is 2.28. The van der Waals surface area contributed by atoms with E-state index in [-0.39, 0.29) is 6.04 Å². The lowest BCUT2D eigenvalue weighted by Crippen LogP contribution is -2.26. The van der Waals surface area contributed by atoms with Gasteiger partial charge >= 0.3 is 0 Å². The van der Waals surface area contributed by atoms with Crippen LogP contribution in [0.4, 0.5) is 8.78 Å². The zero-order valence-electron chi connectivity index (χ0n) is 9.28. The molecule has 0 spiro atoms. The maximum absolute atomic E-state index is 13.6. The molecule has 1 atom stereocenters. The highest BCUT2D eigenvalue weighted by atomic mass is 32.1. The second-order valence-electron chi connectivity index (χ2n) is 3.97. The van der Waals surface area contributed by atoms with Crippen LogP contribution in [0.1, 0.15) is 16.5 Å². The van der Waals surface area contributed by atoms with Gasteiger partial charge in [-0.05, 0) is 29.7 Å². The number of rotatable bonds is 2. The molecule has 1 aromatic carbocycles. The molecule has 0 amide bonds. The third-order valence-electron chi connectivity index (χ3n) is 2.77. The highest BCUT2D eigenvalue weighted by Gasteiger charge is 2.20. The normalized spacial score (nSPS) is 18.6. The van der Waals surface area contributed by atoms with Gasteiger partial charge in [-0.3, -0.25) is 0 Å². The van der Waals surface area contributed by atoms with Gasteiger partial charge in [-0.25, -0.2) is 14.2 Å². The molecule has 2 nitrogen and oxygen atoms in total. The van der Waals surface area contributed by atoms with Crippen LogP contribution in [0, 0.1) is 11.6 Å². The summed E-state index contributed by atoms with van der Waals surface area (Å²) in [6, 6.07) is 7.55. The molecule has 0 saturated carbocycles. The maximum Gasteiger partial charge on any atom is 0.135 e. The van der Waals surface area contributed by atoms with Crippen molar-refractivity contribution in [3.63, 3.8) is 0 Å². The first-order chi connectivity index (χ1) is 8.74. The minimum atomic E-state index is -0.572. The summed E-state index contributed by atoms with van der Waals surface area (Å²) in [6.45, 7) is 0. The van der Waals surface area contributed by atoms with E-state index in [0.717, 1.165) is 10.9 Å². The van der Waals surface area contributed by atoms with Crippen LogP contribution in [0.15, 0.2) is 41.8 Å². The van der Waals surface area contributed by atoms with Crippen molar-refractivity contribution in [2.45, 2.75) is 6.04 Å². The molecular formula is C13H10F2N2S. The van der Waals surface area contributed by atoms with E-state index in [1.54, 1.807) is 11.3 Å². The fourth-order valence-electron chi connectivity index (χ4n) is 1.89. The smallest absolute Gasteiger partial charge is 0.135 e. The number of hydrazine groups is 1. The van der Waals surface area contributed by atoms with E-state index in [1.165, 1.54) is 12.1 Å².